The number of para-hydroxylation sites is 1. The first-order valence-electron chi connectivity index (χ1n) is 10.7. The maximum absolute atomic E-state index is 12.7. The van der Waals surface area contributed by atoms with Crippen LogP contribution in [0.1, 0.15) is 55.1 Å². The summed E-state index contributed by atoms with van der Waals surface area (Å²) in [5, 5.41) is 0.832. The van der Waals surface area contributed by atoms with E-state index in [-0.39, 0.29) is 24.9 Å². The molecule has 29 heavy (non-hydrogen) atoms. The van der Waals surface area contributed by atoms with E-state index in [9.17, 15) is 9.59 Å². The topological polar surface area (TPSA) is 69.0 Å². The van der Waals surface area contributed by atoms with E-state index in [1.165, 1.54) is 25.7 Å². The third kappa shape index (κ3) is 4.32. The molecule has 1 saturated carbocycles. The van der Waals surface area contributed by atoms with Crippen LogP contribution in [0.15, 0.2) is 28.7 Å². The molecule has 1 aromatic carbocycles. The fraction of sp³-hybridized carbons (Fsp3) is 0.565. The Balaban J connectivity index is 1.40. The number of rotatable bonds is 6. The molecule has 0 spiro atoms. The average molecular weight is 399 g/mol. The van der Waals surface area contributed by atoms with Gasteiger partial charge < -0.3 is 18.8 Å². The van der Waals surface area contributed by atoms with E-state index >= 15 is 0 Å². The molecule has 1 saturated heterocycles. The van der Waals surface area contributed by atoms with E-state index in [0.29, 0.717) is 23.7 Å². The van der Waals surface area contributed by atoms with Crippen molar-refractivity contribution in [1.29, 1.82) is 0 Å². The van der Waals surface area contributed by atoms with Crippen molar-refractivity contribution in [2.45, 2.75) is 45.6 Å². The van der Waals surface area contributed by atoms with Crippen LogP contribution in [0.25, 0.3) is 11.0 Å². The number of furan rings is 1. The van der Waals surface area contributed by atoms with Crippen molar-refractivity contribution >= 4 is 22.8 Å². The smallest absolute Gasteiger partial charge is 0.375 e. The van der Waals surface area contributed by atoms with E-state index in [0.717, 1.165) is 30.8 Å². The molecule has 1 aromatic heterocycles. The van der Waals surface area contributed by atoms with Crippen molar-refractivity contribution in [2.75, 3.05) is 26.3 Å². The predicted molar refractivity (Wildman–Crippen MR) is 108 cm³/mol. The second kappa shape index (κ2) is 8.99. The first-order valence-corrected chi connectivity index (χ1v) is 10.7. The molecule has 1 aliphatic carbocycles. The van der Waals surface area contributed by atoms with E-state index in [2.05, 4.69) is 0 Å². The zero-order valence-corrected chi connectivity index (χ0v) is 17.0. The Hall–Kier alpha value is -2.34. The second-order valence-electron chi connectivity index (χ2n) is 8.05. The highest BCUT2D eigenvalue weighted by atomic mass is 16.5. The molecule has 0 radical (unpaired) electrons. The van der Waals surface area contributed by atoms with Gasteiger partial charge >= 0.3 is 5.97 Å². The van der Waals surface area contributed by atoms with Gasteiger partial charge in [-0.05, 0) is 37.7 Å². The number of ether oxygens (including phenoxy) is 2. The minimum atomic E-state index is -0.614. The van der Waals surface area contributed by atoms with Crippen LogP contribution in [-0.2, 0) is 20.9 Å². The molecule has 6 heteroatoms. The highest BCUT2D eigenvalue weighted by Crippen LogP contribution is 2.36. The molecule has 1 amide bonds. The standard InChI is InChI=1S/C23H29NO5/c1-2-27-14-19-18-9-5-6-10-20(18)29-22(19)23(26)28-15-21(25)24-12-11-16-7-3-4-8-17(16)13-24/h5-6,9-10,16-17H,2-4,7-8,11-15H2,1H3/t16-,17-/m0/s1. The fourth-order valence-electron chi connectivity index (χ4n) is 4.72. The maximum Gasteiger partial charge on any atom is 0.375 e. The van der Waals surface area contributed by atoms with Crippen LogP contribution >= 0.6 is 0 Å². The highest BCUT2D eigenvalue weighted by Gasteiger charge is 2.33. The Morgan fingerprint density at radius 2 is 1.93 bits per heavy atom. The van der Waals surface area contributed by atoms with Crippen LogP contribution < -0.4 is 0 Å². The van der Waals surface area contributed by atoms with Gasteiger partial charge in [0.2, 0.25) is 5.76 Å². The molecule has 0 N–H and O–H groups in total. The van der Waals surface area contributed by atoms with Gasteiger partial charge in [0.25, 0.3) is 5.91 Å². The summed E-state index contributed by atoms with van der Waals surface area (Å²) in [6.07, 6.45) is 6.12. The van der Waals surface area contributed by atoms with Gasteiger partial charge in [0, 0.05) is 30.6 Å². The summed E-state index contributed by atoms with van der Waals surface area (Å²) in [4.78, 5) is 27.2. The molecule has 2 fully saturated rings. The monoisotopic (exact) mass is 399 g/mol. The highest BCUT2D eigenvalue weighted by molar-refractivity contribution is 5.96. The zero-order valence-electron chi connectivity index (χ0n) is 17.0. The Bertz CT molecular complexity index is 873. The normalized spacial score (nSPS) is 21.8. The van der Waals surface area contributed by atoms with Gasteiger partial charge in [0.05, 0.1) is 6.61 Å². The van der Waals surface area contributed by atoms with Gasteiger partial charge in [0.15, 0.2) is 6.61 Å². The number of fused-ring (bicyclic) bond motifs is 2. The summed E-state index contributed by atoms with van der Waals surface area (Å²) < 4.78 is 16.6. The number of benzene rings is 1. The van der Waals surface area contributed by atoms with E-state index in [1.54, 1.807) is 6.07 Å². The quantitative estimate of drug-likeness (QED) is 0.682. The molecule has 2 heterocycles. The Labute approximate surface area is 171 Å². The fourth-order valence-corrected chi connectivity index (χ4v) is 4.72. The lowest BCUT2D eigenvalue weighted by atomic mass is 9.75. The van der Waals surface area contributed by atoms with Gasteiger partial charge in [-0.1, -0.05) is 37.5 Å². The molecular weight excluding hydrogens is 370 g/mol. The number of hydrogen-bond donors (Lipinski definition) is 0. The SMILES string of the molecule is CCOCc1c(C(=O)OCC(=O)N2CC[C@@H]3CCCC[C@H]3C2)oc2ccccc12. The van der Waals surface area contributed by atoms with Crippen molar-refractivity contribution < 1.29 is 23.5 Å². The molecule has 0 unspecified atom stereocenters. The number of carbonyl (C=O) groups excluding carboxylic acids is 2. The second-order valence-corrected chi connectivity index (χ2v) is 8.05. The van der Waals surface area contributed by atoms with Crippen LogP contribution in [0.5, 0.6) is 0 Å². The van der Waals surface area contributed by atoms with Crippen molar-refractivity contribution in [1.82, 2.24) is 4.90 Å². The van der Waals surface area contributed by atoms with Crippen molar-refractivity contribution in [2.24, 2.45) is 11.8 Å². The van der Waals surface area contributed by atoms with Crippen LogP contribution in [-0.4, -0.2) is 43.1 Å². The van der Waals surface area contributed by atoms with Gasteiger partial charge in [-0.15, -0.1) is 0 Å². The van der Waals surface area contributed by atoms with Gasteiger partial charge in [0.1, 0.15) is 5.58 Å². The number of carbonyl (C=O) groups is 2. The molecule has 2 aromatic rings. The first kappa shape index (κ1) is 20.0. The van der Waals surface area contributed by atoms with Crippen LogP contribution in [0.3, 0.4) is 0 Å². The molecular formula is C23H29NO5. The summed E-state index contributed by atoms with van der Waals surface area (Å²) in [5.74, 6) is 0.748. The minimum absolute atomic E-state index is 0.121. The average Bonchev–Trinajstić information content (AvgIpc) is 3.14. The van der Waals surface area contributed by atoms with E-state index in [4.69, 9.17) is 13.9 Å². The maximum atomic E-state index is 12.7. The van der Waals surface area contributed by atoms with E-state index in [1.807, 2.05) is 30.0 Å². The van der Waals surface area contributed by atoms with Crippen molar-refractivity contribution in [3.05, 3.63) is 35.6 Å². The van der Waals surface area contributed by atoms with Crippen LogP contribution in [0.4, 0.5) is 0 Å². The molecule has 156 valence electrons. The van der Waals surface area contributed by atoms with Gasteiger partial charge in [-0.3, -0.25) is 4.79 Å². The lowest BCUT2D eigenvalue weighted by Gasteiger charge is -2.41. The first-order chi connectivity index (χ1) is 14.2. The Kier molecular flexibility index (Phi) is 6.19. The summed E-state index contributed by atoms with van der Waals surface area (Å²) >= 11 is 0. The number of amides is 1. The third-order valence-electron chi connectivity index (χ3n) is 6.30. The summed E-state index contributed by atoms with van der Waals surface area (Å²) in [6.45, 7) is 4.00. The van der Waals surface area contributed by atoms with Crippen LogP contribution in [0, 0.1) is 11.8 Å². The molecule has 4 rings (SSSR count). The molecule has 6 nitrogen and oxygen atoms in total. The lowest BCUT2D eigenvalue weighted by molar-refractivity contribution is -0.137. The van der Waals surface area contributed by atoms with Crippen molar-refractivity contribution in [3.8, 4) is 0 Å². The Morgan fingerprint density at radius 1 is 1.14 bits per heavy atom. The van der Waals surface area contributed by atoms with Crippen molar-refractivity contribution in [3.63, 3.8) is 0 Å². The molecule has 2 atom stereocenters. The number of likely N-dealkylation sites (tertiary alicyclic amines) is 1. The van der Waals surface area contributed by atoms with Gasteiger partial charge in [-0.2, -0.15) is 0 Å². The number of hydrogen-bond acceptors (Lipinski definition) is 5. The summed E-state index contributed by atoms with van der Waals surface area (Å²) in [6, 6.07) is 7.44. The number of nitrogens with zero attached hydrogens (tertiary/aromatic N) is 1. The molecule has 1 aliphatic heterocycles. The van der Waals surface area contributed by atoms with Gasteiger partial charge in [-0.25, -0.2) is 4.79 Å². The Morgan fingerprint density at radius 3 is 2.76 bits per heavy atom. The summed E-state index contributed by atoms with van der Waals surface area (Å²) in [7, 11) is 0. The number of esters is 1. The third-order valence-corrected chi connectivity index (χ3v) is 6.30. The predicted octanol–water partition coefficient (Wildman–Crippen LogP) is 4.16. The number of piperidine rings is 1. The minimum Gasteiger partial charge on any atom is -0.450 e. The zero-order chi connectivity index (χ0) is 20.2. The largest absolute Gasteiger partial charge is 0.450 e. The lowest BCUT2D eigenvalue weighted by Crippen LogP contribution is -2.46. The van der Waals surface area contributed by atoms with E-state index < -0.39 is 5.97 Å². The van der Waals surface area contributed by atoms with Crippen LogP contribution in [0.2, 0.25) is 0 Å². The molecule has 0 bridgehead atoms. The molecule has 2 aliphatic rings. The summed E-state index contributed by atoms with van der Waals surface area (Å²) in [5.41, 5.74) is 1.28.